The highest BCUT2D eigenvalue weighted by Gasteiger charge is 2.52. The van der Waals surface area contributed by atoms with Crippen LogP contribution >= 0.6 is 0 Å². The van der Waals surface area contributed by atoms with Crippen LogP contribution in [0, 0.1) is 6.92 Å². The van der Waals surface area contributed by atoms with E-state index in [-0.39, 0.29) is 6.85 Å². The third-order valence-electron chi connectivity index (χ3n) is 12.4. The summed E-state index contributed by atoms with van der Waals surface area (Å²) in [6.07, 6.45) is 0. The molecule has 3 aliphatic heterocycles. The highest BCUT2D eigenvalue weighted by Crippen LogP contribution is 2.59. The molecule has 0 saturated heterocycles. The van der Waals surface area contributed by atoms with Gasteiger partial charge in [-0.2, -0.15) is 0 Å². The zero-order chi connectivity index (χ0) is 34.8. The Hall–Kier alpha value is -6.58. The van der Waals surface area contributed by atoms with Gasteiger partial charge in [0.25, 0.3) is 0 Å². The lowest BCUT2D eigenvalue weighted by Crippen LogP contribution is -2.58. The molecule has 0 bridgehead atoms. The maximum Gasteiger partial charge on any atom is 0.333 e. The minimum absolute atomic E-state index is 0.0103. The molecule has 1 aromatic heterocycles. The molecular weight excluding hydrogens is 639 g/mol. The van der Waals surface area contributed by atoms with E-state index >= 15 is 0 Å². The molecule has 0 saturated carbocycles. The van der Waals surface area contributed by atoms with Crippen molar-refractivity contribution in [3.63, 3.8) is 0 Å². The van der Waals surface area contributed by atoms with Gasteiger partial charge in [0.2, 0.25) is 0 Å². The first-order valence-corrected chi connectivity index (χ1v) is 18.6. The first kappa shape index (κ1) is 29.0. The number of para-hydroxylation sites is 4. The Kier molecular flexibility index (Phi) is 5.75. The van der Waals surface area contributed by atoms with Crippen LogP contribution < -0.4 is 15.8 Å². The first-order chi connectivity index (χ1) is 26.2. The average molecular weight is 673 g/mol. The third kappa shape index (κ3) is 3.59. The lowest BCUT2D eigenvalue weighted by Gasteiger charge is -2.50. The largest absolute Gasteiger partial charge is 0.375 e. The Morgan fingerprint density at radius 3 is 1.94 bits per heavy atom. The smallest absolute Gasteiger partial charge is 0.333 e. The Morgan fingerprint density at radius 2 is 1.13 bits per heavy atom. The van der Waals surface area contributed by atoms with E-state index in [1.54, 1.807) is 0 Å². The van der Waals surface area contributed by atoms with Gasteiger partial charge in [0.05, 0.1) is 11.1 Å². The average Bonchev–Trinajstić information content (AvgIpc) is 3.56. The van der Waals surface area contributed by atoms with Crippen LogP contribution in [0.5, 0.6) is 0 Å². The summed E-state index contributed by atoms with van der Waals surface area (Å²) in [5.41, 5.74) is 20.1. The maximum absolute atomic E-state index is 2.67. The standard InChI is InChI=1S/C50H33BN2/c1-32-16-8-9-21-36(32)33-30-40-39-24-14-23-38-37-22-10-12-28-44(37)53(48(38)39)51-43-27-15-26-42-49(43)52(46(31-33)47(40)51)45-29-13-11-25-41(45)50(42,34-17-4-2-5-18-34)35-19-6-3-7-20-35/h2-31H,1H3. The van der Waals surface area contributed by atoms with Crippen LogP contribution in [-0.4, -0.2) is 11.3 Å². The van der Waals surface area contributed by atoms with Gasteiger partial charge in [-0.1, -0.05) is 158 Å². The normalized spacial score (nSPS) is 14.2. The van der Waals surface area contributed by atoms with Crippen molar-refractivity contribution >= 4 is 56.6 Å². The summed E-state index contributed by atoms with van der Waals surface area (Å²) in [6.45, 7) is 2.23. The van der Waals surface area contributed by atoms with Gasteiger partial charge in [-0.25, -0.2) is 0 Å². The van der Waals surface area contributed by atoms with Crippen molar-refractivity contribution in [2.75, 3.05) is 4.90 Å². The summed E-state index contributed by atoms with van der Waals surface area (Å²) in [7, 11) is 0. The fourth-order valence-corrected chi connectivity index (χ4v) is 10.3. The summed E-state index contributed by atoms with van der Waals surface area (Å²) in [5, 5.41) is 2.62. The van der Waals surface area contributed by atoms with Gasteiger partial charge in [-0.05, 0) is 86.6 Å². The van der Waals surface area contributed by atoms with Gasteiger partial charge in [0, 0.05) is 38.7 Å². The number of fused-ring (bicyclic) bond motifs is 9. The fourth-order valence-electron chi connectivity index (χ4n) is 10.3. The summed E-state index contributed by atoms with van der Waals surface area (Å²) < 4.78 is 2.67. The van der Waals surface area contributed by atoms with Crippen LogP contribution in [0.1, 0.15) is 27.8 Å². The Balaban J connectivity index is 1.30. The van der Waals surface area contributed by atoms with E-state index in [1.165, 1.54) is 99.9 Å². The molecule has 0 amide bonds. The molecular formula is C50H33BN2. The van der Waals surface area contributed by atoms with Gasteiger partial charge < -0.3 is 9.38 Å². The van der Waals surface area contributed by atoms with Crippen LogP contribution in [0.4, 0.5) is 17.1 Å². The molecule has 0 atom stereocenters. The molecule has 4 heterocycles. The minimum Gasteiger partial charge on any atom is -0.375 e. The van der Waals surface area contributed by atoms with Crippen molar-refractivity contribution in [1.29, 1.82) is 0 Å². The number of anilines is 3. The molecule has 3 aliphatic rings. The number of nitrogens with zero attached hydrogens (tertiary/aromatic N) is 2. The van der Waals surface area contributed by atoms with E-state index in [2.05, 4.69) is 198 Å². The van der Waals surface area contributed by atoms with E-state index in [1.807, 2.05) is 0 Å². The zero-order valence-corrected chi connectivity index (χ0v) is 29.3. The second-order valence-electron chi connectivity index (χ2n) is 14.8. The predicted octanol–water partition coefficient (Wildman–Crippen LogP) is 10.9. The van der Waals surface area contributed by atoms with Gasteiger partial charge in [-0.3, -0.25) is 0 Å². The lowest BCUT2D eigenvalue weighted by molar-refractivity contribution is 0.732. The van der Waals surface area contributed by atoms with Crippen molar-refractivity contribution in [1.82, 2.24) is 4.48 Å². The molecule has 0 aliphatic carbocycles. The molecule has 8 aromatic carbocycles. The van der Waals surface area contributed by atoms with Gasteiger partial charge in [0.1, 0.15) is 0 Å². The topological polar surface area (TPSA) is 8.17 Å². The van der Waals surface area contributed by atoms with Crippen molar-refractivity contribution in [3.8, 4) is 22.3 Å². The van der Waals surface area contributed by atoms with Crippen LogP contribution in [0.3, 0.4) is 0 Å². The van der Waals surface area contributed by atoms with Crippen molar-refractivity contribution in [2.45, 2.75) is 12.3 Å². The van der Waals surface area contributed by atoms with Crippen LogP contribution in [0.2, 0.25) is 0 Å². The molecule has 0 fully saturated rings. The number of hydrogen-bond acceptors (Lipinski definition) is 1. The summed E-state index contributed by atoms with van der Waals surface area (Å²) in [6, 6.07) is 68.3. The van der Waals surface area contributed by atoms with E-state index in [0.29, 0.717) is 0 Å². The molecule has 0 unspecified atom stereocenters. The van der Waals surface area contributed by atoms with E-state index in [9.17, 15) is 0 Å². The summed E-state index contributed by atoms with van der Waals surface area (Å²) >= 11 is 0. The van der Waals surface area contributed by atoms with Crippen molar-refractivity contribution in [2.24, 2.45) is 0 Å². The molecule has 9 aromatic rings. The van der Waals surface area contributed by atoms with Gasteiger partial charge in [0.15, 0.2) is 0 Å². The molecule has 2 nitrogen and oxygen atoms in total. The van der Waals surface area contributed by atoms with Crippen LogP contribution in [-0.2, 0) is 5.41 Å². The van der Waals surface area contributed by atoms with E-state index in [4.69, 9.17) is 0 Å². The highest BCUT2D eigenvalue weighted by molar-refractivity contribution is 6.90. The fraction of sp³-hybridized carbons (Fsp3) is 0.0400. The third-order valence-corrected chi connectivity index (χ3v) is 12.4. The second-order valence-corrected chi connectivity index (χ2v) is 14.8. The predicted molar refractivity (Wildman–Crippen MR) is 222 cm³/mol. The Bertz CT molecular complexity index is 2940. The SMILES string of the molecule is Cc1ccccc1-c1cc2c3c(c1)N1c4ccccc4C(c4ccccc4)(c4ccccc4)c4cccc(c41)B3n1c3ccccc3c3cccc-2c31. The van der Waals surface area contributed by atoms with Crippen LogP contribution in [0.15, 0.2) is 182 Å². The lowest BCUT2D eigenvalue weighted by atomic mass is 9.43. The van der Waals surface area contributed by atoms with Gasteiger partial charge in [-0.15, -0.1) is 0 Å². The number of aryl methyl sites for hydroxylation is 1. The second kappa shape index (κ2) is 10.5. The number of benzene rings is 8. The molecule has 0 N–H and O–H groups in total. The molecule has 12 rings (SSSR count). The number of hydrogen-bond donors (Lipinski definition) is 0. The Morgan fingerprint density at radius 1 is 0.491 bits per heavy atom. The quantitative estimate of drug-likeness (QED) is 0.170. The molecule has 53 heavy (non-hydrogen) atoms. The summed E-state index contributed by atoms with van der Waals surface area (Å²) in [4.78, 5) is 2.62. The summed E-state index contributed by atoms with van der Waals surface area (Å²) in [5.74, 6) is 0. The zero-order valence-electron chi connectivity index (χ0n) is 29.3. The molecule has 0 spiro atoms. The minimum atomic E-state index is -0.532. The number of rotatable bonds is 3. The van der Waals surface area contributed by atoms with Crippen molar-refractivity contribution in [3.05, 3.63) is 210 Å². The van der Waals surface area contributed by atoms with Crippen molar-refractivity contribution < 1.29 is 0 Å². The Labute approximate surface area is 309 Å². The molecule has 246 valence electrons. The van der Waals surface area contributed by atoms with Gasteiger partial charge >= 0.3 is 6.85 Å². The van der Waals surface area contributed by atoms with E-state index < -0.39 is 5.41 Å². The van der Waals surface area contributed by atoms with Crippen LogP contribution in [0.25, 0.3) is 44.1 Å². The molecule has 0 radical (unpaired) electrons. The first-order valence-electron chi connectivity index (χ1n) is 18.6. The monoisotopic (exact) mass is 672 g/mol. The maximum atomic E-state index is 2.67. The highest BCUT2D eigenvalue weighted by atomic mass is 15.2. The molecule has 3 heteroatoms. The number of aromatic nitrogens is 1. The van der Waals surface area contributed by atoms with E-state index in [0.717, 1.165) is 0 Å².